The van der Waals surface area contributed by atoms with Gasteiger partial charge in [-0.25, -0.2) is 4.98 Å². The van der Waals surface area contributed by atoms with E-state index in [2.05, 4.69) is 25.4 Å². The summed E-state index contributed by atoms with van der Waals surface area (Å²) < 4.78 is 24.6. The Balaban J connectivity index is 1.54. The largest absolute Gasteiger partial charge is 0.387 e. The smallest absolute Gasteiger partial charge is 0.350 e. The van der Waals surface area contributed by atoms with E-state index in [4.69, 9.17) is 30.9 Å². The molecule has 0 aromatic carbocycles. The number of fused-ring (bicyclic) bond motifs is 1. The van der Waals surface area contributed by atoms with E-state index in [0.717, 1.165) is 5.56 Å². The number of ether oxygens (including phenoxy) is 2. The Morgan fingerprint density at radius 3 is 2.78 bits per heavy atom. The van der Waals surface area contributed by atoms with Gasteiger partial charge in [-0.05, 0) is 11.6 Å². The van der Waals surface area contributed by atoms with Crippen LogP contribution in [0.25, 0.3) is 11.2 Å². The molecule has 0 amide bonds. The lowest BCUT2D eigenvalue weighted by atomic mass is 10.1. The van der Waals surface area contributed by atoms with E-state index < -0.39 is 38.5 Å². The van der Waals surface area contributed by atoms with Crippen LogP contribution in [0.15, 0.2) is 18.7 Å². The lowest BCUT2D eigenvalue weighted by Crippen LogP contribution is -2.33. The Bertz CT molecular complexity index is 1150. The van der Waals surface area contributed by atoms with Crippen LogP contribution in [-0.4, -0.2) is 80.6 Å². The number of nitrogens with zero attached hydrogens (tertiary/aromatic N) is 6. The number of hydrogen-bond acceptors (Lipinski definition) is 10. The number of hydrogen-bond donors (Lipinski definition) is 5. The molecule has 3 aromatic heterocycles. The molecule has 0 radical (unpaired) electrons. The SMILES string of the molecule is Cn1cc(CNc2nc(Cl)nc3c2ncn3[C@@H]2O[C@H](COCP(=O)(O)O)[C@@H](O)[C@H]2O)cn1. The molecule has 4 rings (SSSR count). The normalized spacial score (nSPS) is 23.8. The van der Waals surface area contributed by atoms with E-state index in [-0.39, 0.29) is 17.5 Å². The van der Waals surface area contributed by atoms with Crippen LogP contribution < -0.4 is 5.32 Å². The molecule has 174 valence electrons. The molecule has 4 heterocycles. The number of halogens is 1. The van der Waals surface area contributed by atoms with Crippen molar-refractivity contribution in [2.24, 2.45) is 7.05 Å². The Kier molecular flexibility index (Phi) is 6.47. The Labute approximate surface area is 185 Å². The van der Waals surface area contributed by atoms with Crippen molar-refractivity contribution in [1.82, 2.24) is 29.3 Å². The van der Waals surface area contributed by atoms with Crippen LogP contribution in [0.3, 0.4) is 0 Å². The van der Waals surface area contributed by atoms with Gasteiger partial charge in [0, 0.05) is 25.4 Å². The number of anilines is 1. The molecular formula is C16H21ClN7O7P. The number of aryl methyl sites for hydroxylation is 1. The van der Waals surface area contributed by atoms with Crippen LogP contribution in [-0.2, 0) is 27.6 Å². The molecular weight excluding hydrogens is 469 g/mol. The number of imidazole rings is 1. The topological polar surface area (TPSA) is 190 Å². The predicted molar refractivity (Wildman–Crippen MR) is 110 cm³/mol. The maximum Gasteiger partial charge on any atom is 0.350 e. The van der Waals surface area contributed by atoms with Crippen molar-refractivity contribution in [1.29, 1.82) is 0 Å². The van der Waals surface area contributed by atoms with Crippen molar-refractivity contribution in [3.63, 3.8) is 0 Å². The first-order valence-corrected chi connectivity index (χ1v) is 11.6. The molecule has 14 nitrogen and oxygen atoms in total. The molecule has 1 aliphatic rings. The lowest BCUT2D eigenvalue weighted by molar-refractivity contribution is -0.0612. The summed E-state index contributed by atoms with van der Waals surface area (Å²) in [6.07, 6.45) is -0.788. The van der Waals surface area contributed by atoms with Gasteiger partial charge in [-0.2, -0.15) is 15.1 Å². The van der Waals surface area contributed by atoms with Crippen LogP contribution >= 0.6 is 19.2 Å². The monoisotopic (exact) mass is 489 g/mol. The molecule has 1 fully saturated rings. The van der Waals surface area contributed by atoms with Crippen molar-refractivity contribution < 1.29 is 34.0 Å². The summed E-state index contributed by atoms with van der Waals surface area (Å²) in [5.74, 6) is 0.358. The molecule has 0 bridgehead atoms. The number of nitrogens with one attached hydrogen (secondary N) is 1. The molecule has 1 aliphatic heterocycles. The molecule has 16 heteroatoms. The first-order valence-electron chi connectivity index (χ1n) is 9.38. The number of aliphatic hydroxyl groups is 2. The summed E-state index contributed by atoms with van der Waals surface area (Å²) in [5.41, 5.74) is 1.53. The van der Waals surface area contributed by atoms with E-state index in [0.29, 0.717) is 17.9 Å². The van der Waals surface area contributed by atoms with E-state index in [1.54, 1.807) is 17.9 Å². The lowest BCUT2D eigenvalue weighted by Gasteiger charge is -2.17. The molecule has 0 unspecified atom stereocenters. The molecule has 32 heavy (non-hydrogen) atoms. The van der Waals surface area contributed by atoms with Crippen LogP contribution in [0.1, 0.15) is 11.8 Å². The van der Waals surface area contributed by atoms with Gasteiger partial charge in [0.2, 0.25) is 5.28 Å². The minimum Gasteiger partial charge on any atom is -0.387 e. The summed E-state index contributed by atoms with van der Waals surface area (Å²) in [7, 11) is -2.57. The molecule has 3 aromatic rings. The highest BCUT2D eigenvalue weighted by atomic mass is 35.5. The van der Waals surface area contributed by atoms with Crippen LogP contribution in [0.2, 0.25) is 5.28 Å². The average Bonchev–Trinajstić information content (AvgIpc) is 3.39. The Morgan fingerprint density at radius 2 is 2.09 bits per heavy atom. The highest BCUT2D eigenvalue weighted by Crippen LogP contribution is 2.36. The highest BCUT2D eigenvalue weighted by Gasteiger charge is 2.44. The number of aliphatic hydroxyl groups excluding tert-OH is 2. The van der Waals surface area contributed by atoms with Gasteiger partial charge in [-0.3, -0.25) is 13.8 Å². The number of aromatic nitrogens is 6. The Morgan fingerprint density at radius 1 is 1.31 bits per heavy atom. The van der Waals surface area contributed by atoms with Gasteiger partial charge in [-0.15, -0.1) is 0 Å². The van der Waals surface area contributed by atoms with Crippen molar-refractivity contribution in [2.45, 2.75) is 31.1 Å². The van der Waals surface area contributed by atoms with E-state index in [1.807, 2.05) is 6.20 Å². The van der Waals surface area contributed by atoms with E-state index >= 15 is 0 Å². The number of rotatable bonds is 8. The van der Waals surface area contributed by atoms with Gasteiger partial charge in [0.05, 0.1) is 19.1 Å². The zero-order chi connectivity index (χ0) is 23.0. The maximum atomic E-state index is 10.9. The van der Waals surface area contributed by atoms with Gasteiger partial charge in [0.15, 0.2) is 23.2 Å². The fourth-order valence-corrected chi connectivity index (χ4v) is 3.84. The van der Waals surface area contributed by atoms with Gasteiger partial charge < -0.3 is 34.8 Å². The summed E-state index contributed by atoms with van der Waals surface area (Å²) in [6, 6.07) is 0. The Hall–Kier alpha value is -2.16. The van der Waals surface area contributed by atoms with Gasteiger partial charge in [0.1, 0.15) is 24.7 Å². The van der Waals surface area contributed by atoms with Crippen LogP contribution in [0.4, 0.5) is 5.82 Å². The second-order valence-electron chi connectivity index (χ2n) is 7.25. The van der Waals surface area contributed by atoms with Crippen molar-refractivity contribution in [3.05, 3.63) is 29.6 Å². The van der Waals surface area contributed by atoms with Crippen molar-refractivity contribution >= 4 is 36.2 Å². The summed E-state index contributed by atoms with van der Waals surface area (Å²) >= 11 is 6.08. The third kappa shape index (κ3) is 4.92. The van der Waals surface area contributed by atoms with Gasteiger partial charge in [-0.1, -0.05) is 0 Å². The zero-order valence-corrected chi connectivity index (χ0v) is 18.3. The van der Waals surface area contributed by atoms with Crippen molar-refractivity contribution in [3.8, 4) is 0 Å². The van der Waals surface area contributed by atoms with Crippen molar-refractivity contribution in [2.75, 3.05) is 18.3 Å². The van der Waals surface area contributed by atoms with E-state index in [1.165, 1.54) is 10.9 Å². The maximum absolute atomic E-state index is 10.9. The minimum absolute atomic E-state index is 0.0671. The average molecular weight is 490 g/mol. The summed E-state index contributed by atoms with van der Waals surface area (Å²) in [4.78, 5) is 30.4. The minimum atomic E-state index is -4.37. The first kappa shape index (κ1) is 23.0. The molecule has 0 aliphatic carbocycles. The van der Waals surface area contributed by atoms with Gasteiger partial charge in [0.25, 0.3) is 0 Å². The molecule has 4 atom stereocenters. The molecule has 0 spiro atoms. The van der Waals surface area contributed by atoms with Crippen LogP contribution in [0, 0.1) is 0 Å². The second-order valence-corrected chi connectivity index (χ2v) is 9.18. The van der Waals surface area contributed by atoms with Crippen LogP contribution in [0.5, 0.6) is 0 Å². The molecule has 5 N–H and O–H groups in total. The van der Waals surface area contributed by atoms with Gasteiger partial charge >= 0.3 is 7.60 Å². The second kappa shape index (κ2) is 9.00. The fraction of sp³-hybridized carbons (Fsp3) is 0.500. The fourth-order valence-electron chi connectivity index (χ4n) is 3.33. The molecule has 0 saturated carbocycles. The predicted octanol–water partition coefficient (Wildman–Crippen LogP) is -0.404. The highest BCUT2D eigenvalue weighted by molar-refractivity contribution is 7.51. The quantitative estimate of drug-likeness (QED) is 0.203. The zero-order valence-electron chi connectivity index (χ0n) is 16.7. The summed E-state index contributed by atoms with van der Waals surface area (Å²) in [6.45, 7) is 0.0729. The third-order valence-corrected chi connectivity index (χ3v) is 5.45. The molecule has 1 saturated heterocycles. The standard InChI is InChI=1S/C16H21ClN7O7P/c1-23-4-8(3-20-23)2-18-13-10-14(22-16(17)21-13)24(6-19-10)15-12(26)11(25)9(31-15)5-30-7-32(27,28)29/h3-4,6,9,11-12,15,25-26H,2,5,7H2,1H3,(H,18,21,22)(H2,27,28,29)/t9-,11-,12-,15-/m1/s1. The first-order chi connectivity index (χ1) is 15.1. The summed E-state index contributed by atoms with van der Waals surface area (Å²) in [5, 5.41) is 27.9. The third-order valence-electron chi connectivity index (χ3n) is 4.77. The van der Waals surface area contributed by atoms with E-state index in [9.17, 15) is 14.8 Å².